The van der Waals surface area contributed by atoms with Crippen molar-refractivity contribution in [3.8, 4) is 5.75 Å². The van der Waals surface area contributed by atoms with E-state index in [0.29, 0.717) is 19.3 Å². The van der Waals surface area contributed by atoms with Crippen LogP contribution in [0.3, 0.4) is 0 Å². The van der Waals surface area contributed by atoms with Crippen LogP contribution >= 0.6 is 0 Å². The number of phenols is 1. The standard InChI is InChI=1S/C14H21NO5S/c1-14(2,8-4-5-13(17)20-3)10-6-7-11(16)12(9-10)21(15,18)19/h6-7,9,16H,4-5,8H2,1-3H3,(H2,15,18,19). The lowest BCUT2D eigenvalue weighted by molar-refractivity contribution is -0.140. The summed E-state index contributed by atoms with van der Waals surface area (Å²) in [6.07, 6.45) is 1.59. The molecule has 3 N–H and O–H groups in total. The molecule has 0 heterocycles. The number of ether oxygens (including phenoxy) is 1. The number of esters is 1. The molecular weight excluding hydrogens is 294 g/mol. The lowest BCUT2D eigenvalue weighted by Gasteiger charge is -2.25. The van der Waals surface area contributed by atoms with Gasteiger partial charge in [-0.25, -0.2) is 13.6 Å². The van der Waals surface area contributed by atoms with Crippen molar-refractivity contribution in [2.75, 3.05) is 7.11 Å². The van der Waals surface area contributed by atoms with Crippen molar-refractivity contribution in [2.45, 2.75) is 43.4 Å². The molecule has 6 nitrogen and oxygen atoms in total. The fraction of sp³-hybridized carbons (Fsp3) is 0.500. The second-order valence-electron chi connectivity index (χ2n) is 5.54. The van der Waals surface area contributed by atoms with Crippen molar-refractivity contribution >= 4 is 16.0 Å². The van der Waals surface area contributed by atoms with Gasteiger partial charge in [-0.3, -0.25) is 4.79 Å². The van der Waals surface area contributed by atoms with Crippen LogP contribution in [0.4, 0.5) is 0 Å². The van der Waals surface area contributed by atoms with Crippen molar-refractivity contribution < 1.29 is 23.1 Å². The molecule has 0 aliphatic heterocycles. The molecular formula is C14H21NO5S. The van der Waals surface area contributed by atoms with Crippen LogP contribution in [0.5, 0.6) is 5.75 Å². The van der Waals surface area contributed by atoms with E-state index in [9.17, 15) is 18.3 Å². The van der Waals surface area contributed by atoms with Crippen LogP contribution in [0.2, 0.25) is 0 Å². The second kappa shape index (κ2) is 6.44. The van der Waals surface area contributed by atoms with Gasteiger partial charge in [0.25, 0.3) is 0 Å². The number of nitrogens with two attached hydrogens (primary N) is 1. The van der Waals surface area contributed by atoms with E-state index < -0.39 is 10.0 Å². The zero-order chi connectivity index (χ0) is 16.3. The molecule has 1 aromatic carbocycles. The van der Waals surface area contributed by atoms with Crippen LogP contribution in [0, 0.1) is 0 Å². The Balaban J connectivity index is 2.96. The first kappa shape index (κ1) is 17.5. The molecule has 0 radical (unpaired) electrons. The lowest BCUT2D eigenvalue weighted by atomic mass is 9.80. The SMILES string of the molecule is COC(=O)CCCC(C)(C)c1ccc(O)c(S(N)(=O)=O)c1. The first-order chi connectivity index (χ1) is 9.58. The summed E-state index contributed by atoms with van der Waals surface area (Å²) in [5.74, 6) is -0.645. The van der Waals surface area contributed by atoms with E-state index in [2.05, 4.69) is 4.74 Å². The number of phenolic OH excluding ortho intramolecular Hbond substituents is 1. The second-order valence-corrected chi connectivity index (χ2v) is 7.07. The number of hydrogen-bond acceptors (Lipinski definition) is 5. The molecule has 0 unspecified atom stereocenters. The van der Waals surface area contributed by atoms with Crippen LogP contribution in [0.1, 0.15) is 38.7 Å². The van der Waals surface area contributed by atoms with Gasteiger partial charge in [0.2, 0.25) is 10.0 Å². The number of aromatic hydroxyl groups is 1. The van der Waals surface area contributed by atoms with Gasteiger partial charge in [-0.2, -0.15) is 0 Å². The Hall–Kier alpha value is -1.60. The van der Waals surface area contributed by atoms with Gasteiger partial charge in [0, 0.05) is 6.42 Å². The quantitative estimate of drug-likeness (QED) is 0.776. The number of hydrogen-bond donors (Lipinski definition) is 2. The summed E-state index contributed by atoms with van der Waals surface area (Å²) >= 11 is 0. The predicted molar refractivity (Wildman–Crippen MR) is 78.4 cm³/mol. The zero-order valence-corrected chi connectivity index (χ0v) is 13.2. The fourth-order valence-electron chi connectivity index (χ4n) is 2.08. The maximum Gasteiger partial charge on any atom is 0.305 e. The Bertz CT molecular complexity index is 622. The van der Waals surface area contributed by atoms with Crippen molar-refractivity contribution in [1.29, 1.82) is 0 Å². The van der Waals surface area contributed by atoms with Gasteiger partial charge < -0.3 is 9.84 Å². The minimum absolute atomic E-state index is 0.276. The molecule has 1 rings (SSSR count). The number of rotatable bonds is 6. The molecule has 21 heavy (non-hydrogen) atoms. The highest BCUT2D eigenvalue weighted by molar-refractivity contribution is 7.89. The van der Waals surface area contributed by atoms with Gasteiger partial charge in [-0.05, 0) is 36.0 Å². The summed E-state index contributed by atoms with van der Waals surface area (Å²) < 4.78 is 27.4. The lowest BCUT2D eigenvalue weighted by Crippen LogP contribution is -2.19. The maximum atomic E-state index is 11.4. The molecule has 0 fully saturated rings. The fourth-order valence-corrected chi connectivity index (χ4v) is 2.73. The number of carbonyl (C=O) groups is 1. The Kier molecular flexibility index (Phi) is 5.36. The third-order valence-electron chi connectivity index (χ3n) is 3.46. The van der Waals surface area contributed by atoms with E-state index >= 15 is 0 Å². The van der Waals surface area contributed by atoms with E-state index in [4.69, 9.17) is 5.14 Å². The molecule has 0 saturated carbocycles. The van der Waals surface area contributed by atoms with E-state index in [0.717, 1.165) is 5.56 Å². The van der Waals surface area contributed by atoms with Gasteiger partial charge in [0.05, 0.1) is 7.11 Å². The maximum absolute atomic E-state index is 11.4. The first-order valence-corrected chi connectivity index (χ1v) is 8.05. The number of methoxy groups -OCH3 is 1. The Morgan fingerprint density at radius 1 is 1.38 bits per heavy atom. The number of carbonyl (C=O) groups excluding carboxylic acids is 1. The van der Waals surface area contributed by atoms with Crippen molar-refractivity contribution in [3.63, 3.8) is 0 Å². The summed E-state index contributed by atoms with van der Waals surface area (Å²) in [5, 5.41) is 14.7. The summed E-state index contributed by atoms with van der Waals surface area (Å²) in [5.41, 5.74) is 0.371. The van der Waals surface area contributed by atoms with Crippen LogP contribution < -0.4 is 5.14 Å². The molecule has 0 amide bonds. The van der Waals surface area contributed by atoms with E-state index in [1.165, 1.54) is 19.2 Å². The average Bonchev–Trinajstić information content (AvgIpc) is 2.37. The monoisotopic (exact) mass is 315 g/mol. The number of benzene rings is 1. The summed E-state index contributed by atoms with van der Waals surface area (Å²) in [7, 11) is -2.64. The Labute approximate surface area is 125 Å². The van der Waals surface area contributed by atoms with Gasteiger partial charge >= 0.3 is 5.97 Å². The molecule has 118 valence electrons. The van der Waals surface area contributed by atoms with Crippen LogP contribution in [0.25, 0.3) is 0 Å². The minimum Gasteiger partial charge on any atom is -0.507 e. The predicted octanol–water partition coefficient (Wildman–Crippen LogP) is 1.66. The molecule has 1 aromatic rings. The highest BCUT2D eigenvalue weighted by Crippen LogP contribution is 2.33. The highest BCUT2D eigenvalue weighted by Gasteiger charge is 2.24. The summed E-state index contributed by atoms with van der Waals surface area (Å²) in [4.78, 5) is 10.8. The molecule has 7 heteroatoms. The molecule has 0 aliphatic rings. The Morgan fingerprint density at radius 2 is 2.00 bits per heavy atom. The molecule has 0 aliphatic carbocycles. The Morgan fingerprint density at radius 3 is 2.52 bits per heavy atom. The normalized spacial score (nSPS) is 12.2. The van der Waals surface area contributed by atoms with Gasteiger partial charge in [0.1, 0.15) is 10.6 Å². The van der Waals surface area contributed by atoms with E-state index in [1.54, 1.807) is 6.07 Å². The van der Waals surface area contributed by atoms with Crippen LogP contribution in [0.15, 0.2) is 23.1 Å². The zero-order valence-electron chi connectivity index (χ0n) is 12.4. The van der Waals surface area contributed by atoms with Crippen molar-refractivity contribution in [2.24, 2.45) is 5.14 Å². The van der Waals surface area contributed by atoms with Gasteiger partial charge in [-0.1, -0.05) is 19.9 Å². The minimum atomic E-state index is -3.98. The highest BCUT2D eigenvalue weighted by atomic mass is 32.2. The van der Waals surface area contributed by atoms with Crippen LogP contribution in [-0.2, 0) is 25.0 Å². The van der Waals surface area contributed by atoms with Crippen molar-refractivity contribution in [1.82, 2.24) is 0 Å². The summed E-state index contributed by atoms with van der Waals surface area (Å²) in [6, 6.07) is 4.35. The molecule has 0 aromatic heterocycles. The van der Waals surface area contributed by atoms with E-state index in [-0.39, 0.29) is 22.0 Å². The first-order valence-electron chi connectivity index (χ1n) is 6.51. The molecule has 0 spiro atoms. The topological polar surface area (TPSA) is 107 Å². The smallest absolute Gasteiger partial charge is 0.305 e. The molecule has 0 bridgehead atoms. The van der Waals surface area contributed by atoms with Crippen molar-refractivity contribution in [3.05, 3.63) is 23.8 Å². The number of sulfonamides is 1. The molecule has 0 atom stereocenters. The average molecular weight is 315 g/mol. The third-order valence-corrected chi connectivity index (χ3v) is 4.40. The van der Waals surface area contributed by atoms with Gasteiger partial charge in [0.15, 0.2) is 0 Å². The number of primary sulfonamides is 1. The summed E-state index contributed by atoms with van der Waals surface area (Å²) in [6.45, 7) is 3.87. The third kappa shape index (κ3) is 4.71. The van der Waals surface area contributed by atoms with E-state index in [1.807, 2.05) is 13.8 Å². The molecule has 0 saturated heterocycles. The largest absolute Gasteiger partial charge is 0.507 e. The van der Waals surface area contributed by atoms with Crippen LogP contribution in [-0.4, -0.2) is 26.6 Å². The van der Waals surface area contributed by atoms with Gasteiger partial charge in [-0.15, -0.1) is 0 Å².